The number of carbonyl (C=O) groups is 2. The van der Waals surface area contributed by atoms with E-state index in [4.69, 9.17) is 0 Å². The number of carboxylic acid groups (broad SMARTS) is 1. The fraction of sp³-hybridized carbons (Fsp3) is 0.444. The number of hydrogen-bond donors (Lipinski definition) is 0. The molecular formula is C18H21O3-. The summed E-state index contributed by atoms with van der Waals surface area (Å²) in [5.74, 6) is -2.43. The van der Waals surface area contributed by atoms with Crippen molar-refractivity contribution >= 4 is 11.8 Å². The maximum Gasteiger partial charge on any atom is 0.167 e. The van der Waals surface area contributed by atoms with Crippen molar-refractivity contribution in [3.8, 4) is 0 Å². The van der Waals surface area contributed by atoms with E-state index in [0.717, 1.165) is 22.3 Å². The van der Waals surface area contributed by atoms with Gasteiger partial charge in [-0.15, -0.1) is 0 Å². The largest absolute Gasteiger partial charge is 0.550 e. The molecule has 0 saturated carbocycles. The molecule has 2 rings (SSSR count). The number of allylic oxidation sites excluding steroid dienone is 2. The summed E-state index contributed by atoms with van der Waals surface area (Å²) in [5.41, 5.74) is 4.73. The van der Waals surface area contributed by atoms with E-state index in [9.17, 15) is 14.7 Å². The molecule has 1 aliphatic carbocycles. The van der Waals surface area contributed by atoms with E-state index < -0.39 is 17.8 Å². The third kappa shape index (κ3) is 3.07. The second-order valence-electron chi connectivity index (χ2n) is 6.18. The first kappa shape index (κ1) is 15.5. The second-order valence-corrected chi connectivity index (χ2v) is 6.18. The van der Waals surface area contributed by atoms with Crippen LogP contribution in [-0.4, -0.2) is 11.8 Å². The van der Waals surface area contributed by atoms with Crippen molar-refractivity contribution in [3.63, 3.8) is 0 Å². The van der Waals surface area contributed by atoms with Crippen molar-refractivity contribution in [3.05, 3.63) is 46.0 Å². The van der Waals surface area contributed by atoms with Crippen LogP contribution in [0.1, 0.15) is 48.2 Å². The van der Waals surface area contributed by atoms with Crippen LogP contribution < -0.4 is 5.11 Å². The quantitative estimate of drug-likeness (QED) is 0.633. The Hall–Kier alpha value is -1.90. The van der Waals surface area contributed by atoms with E-state index >= 15 is 0 Å². The summed E-state index contributed by atoms with van der Waals surface area (Å²) in [6.07, 6.45) is 0.923. The van der Waals surface area contributed by atoms with Crippen LogP contribution in [0, 0.1) is 25.7 Å². The van der Waals surface area contributed by atoms with Crippen molar-refractivity contribution in [1.82, 2.24) is 0 Å². The molecule has 0 N–H and O–H groups in total. The standard InChI is InChI=1S/C18H22O3/c1-10-5-6-11(2)14(7-10)17(19)15-8-12(3)13(4)9-16(15)18(20)21/h5-7,15-16H,8-9H2,1-4H3,(H,20,21)/p-1. The summed E-state index contributed by atoms with van der Waals surface area (Å²) in [7, 11) is 0. The van der Waals surface area contributed by atoms with Crippen molar-refractivity contribution in [1.29, 1.82) is 0 Å². The molecular weight excluding hydrogens is 264 g/mol. The molecule has 2 unspecified atom stereocenters. The van der Waals surface area contributed by atoms with Gasteiger partial charge >= 0.3 is 0 Å². The van der Waals surface area contributed by atoms with Gasteiger partial charge in [0.2, 0.25) is 0 Å². The number of hydrogen-bond acceptors (Lipinski definition) is 3. The van der Waals surface area contributed by atoms with Crippen LogP contribution in [0.5, 0.6) is 0 Å². The van der Waals surface area contributed by atoms with Crippen LogP contribution in [0.2, 0.25) is 0 Å². The zero-order valence-corrected chi connectivity index (χ0v) is 13.0. The Labute approximate surface area is 125 Å². The number of ketones is 1. The van der Waals surface area contributed by atoms with Crippen LogP contribution in [0.15, 0.2) is 29.3 Å². The zero-order chi connectivity index (χ0) is 15.7. The lowest BCUT2D eigenvalue weighted by atomic mass is 9.73. The highest BCUT2D eigenvalue weighted by atomic mass is 16.4. The first-order valence-corrected chi connectivity index (χ1v) is 7.28. The Bertz CT molecular complexity index is 625. The van der Waals surface area contributed by atoms with Crippen LogP contribution in [0.4, 0.5) is 0 Å². The van der Waals surface area contributed by atoms with Crippen molar-refractivity contribution in [2.45, 2.75) is 40.5 Å². The summed E-state index contributed by atoms with van der Waals surface area (Å²) >= 11 is 0. The molecule has 112 valence electrons. The maximum atomic E-state index is 12.8. The number of carbonyl (C=O) groups excluding carboxylic acids is 2. The number of rotatable bonds is 3. The molecule has 0 fully saturated rings. The van der Waals surface area contributed by atoms with Crippen LogP contribution in [-0.2, 0) is 4.79 Å². The Morgan fingerprint density at radius 3 is 2.14 bits per heavy atom. The van der Waals surface area contributed by atoms with E-state index in [1.165, 1.54) is 0 Å². The molecule has 1 aliphatic rings. The number of carboxylic acids is 1. The second kappa shape index (κ2) is 5.84. The molecule has 0 amide bonds. The molecule has 0 aromatic heterocycles. The lowest BCUT2D eigenvalue weighted by molar-refractivity contribution is -0.313. The number of benzene rings is 1. The predicted molar refractivity (Wildman–Crippen MR) is 79.8 cm³/mol. The van der Waals surface area contributed by atoms with Gasteiger partial charge < -0.3 is 9.90 Å². The van der Waals surface area contributed by atoms with Crippen LogP contribution in [0.25, 0.3) is 0 Å². The molecule has 3 heteroatoms. The minimum absolute atomic E-state index is 0.0720. The molecule has 0 heterocycles. The number of aliphatic carboxylic acids is 1. The monoisotopic (exact) mass is 285 g/mol. The molecule has 21 heavy (non-hydrogen) atoms. The van der Waals surface area contributed by atoms with Crippen LogP contribution >= 0.6 is 0 Å². The van der Waals surface area contributed by atoms with Gasteiger partial charge in [0.1, 0.15) is 0 Å². The Kier molecular flexibility index (Phi) is 4.31. The van der Waals surface area contributed by atoms with Crippen molar-refractivity contribution in [2.24, 2.45) is 11.8 Å². The molecule has 1 aromatic rings. The Morgan fingerprint density at radius 1 is 1.00 bits per heavy atom. The SMILES string of the molecule is CC1=C(C)CC(C(=O)c2cc(C)ccc2C)C(C(=O)[O-])C1. The highest BCUT2D eigenvalue weighted by Crippen LogP contribution is 2.36. The maximum absolute atomic E-state index is 12.8. The van der Waals surface area contributed by atoms with Gasteiger partial charge in [-0.3, -0.25) is 4.79 Å². The van der Waals surface area contributed by atoms with Gasteiger partial charge in [0.15, 0.2) is 5.78 Å². The van der Waals surface area contributed by atoms with Crippen molar-refractivity contribution in [2.75, 3.05) is 0 Å². The fourth-order valence-electron chi connectivity index (χ4n) is 3.02. The Balaban J connectivity index is 2.40. The highest BCUT2D eigenvalue weighted by Gasteiger charge is 2.34. The van der Waals surface area contributed by atoms with Gasteiger partial charge in [-0.05, 0) is 52.2 Å². The topological polar surface area (TPSA) is 57.2 Å². The van der Waals surface area contributed by atoms with E-state index in [1.54, 1.807) is 0 Å². The lowest BCUT2D eigenvalue weighted by Crippen LogP contribution is -2.41. The van der Waals surface area contributed by atoms with E-state index in [-0.39, 0.29) is 5.78 Å². The molecule has 2 atom stereocenters. The average Bonchev–Trinajstić information content (AvgIpc) is 2.43. The molecule has 0 bridgehead atoms. The smallest absolute Gasteiger partial charge is 0.167 e. The van der Waals surface area contributed by atoms with Gasteiger partial charge in [-0.1, -0.05) is 28.8 Å². The molecule has 0 radical (unpaired) electrons. The summed E-state index contributed by atoms with van der Waals surface area (Å²) in [6, 6.07) is 5.72. The summed E-state index contributed by atoms with van der Waals surface area (Å²) in [4.78, 5) is 24.2. The molecule has 1 aromatic carbocycles. The van der Waals surface area contributed by atoms with Gasteiger partial charge in [0.05, 0.1) is 0 Å². The summed E-state index contributed by atoms with van der Waals surface area (Å²) < 4.78 is 0. The first-order chi connectivity index (χ1) is 9.81. The average molecular weight is 285 g/mol. The number of Topliss-reactive ketones (excluding diaryl/α,β-unsaturated/α-hetero) is 1. The van der Waals surface area contributed by atoms with Gasteiger partial charge in [-0.25, -0.2) is 0 Å². The molecule has 0 aliphatic heterocycles. The molecule has 0 spiro atoms. The van der Waals surface area contributed by atoms with Crippen LogP contribution in [0.3, 0.4) is 0 Å². The third-order valence-electron chi connectivity index (χ3n) is 4.56. The predicted octanol–water partition coefficient (Wildman–Crippen LogP) is 2.60. The van der Waals surface area contributed by atoms with Gasteiger partial charge in [-0.2, -0.15) is 0 Å². The van der Waals surface area contributed by atoms with Gasteiger partial charge in [0, 0.05) is 23.4 Å². The minimum atomic E-state index is -1.12. The zero-order valence-electron chi connectivity index (χ0n) is 13.0. The minimum Gasteiger partial charge on any atom is -0.550 e. The molecule has 3 nitrogen and oxygen atoms in total. The van der Waals surface area contributed by atoms with E-state index in [1.807, 2.05) is 45.9 Å². The molecule has 0 saturated heterocycles. The Morgan fingerprint density at radius 2 is 1.57 bits per heavy atom. The lowest BCUT2D eigenvalue weighted by Gasteiger charge is -2.33. The fourth-order valence-corrected chi connectivity index (χ4v) is 3.02. The summed E-state index contributed by atoms with van der Waals surface area (Å²) in [6.45, 7) is 7.73. The summed E-state index contributed by atoms with van der Waals surface area (Å²) in [5, 5.41) is 11.4. The first-order valence-electron chi connectivity index (χ1n) is 7.28. The van der Waals surface area contributed by atoms with E-state index in [2.05, 4.69) is 0 Å². The normalized spacial score (nSPS) is 22.3. The van der Waals surface area contributed by atoms with E-state index in [0.29, 0.717) is 18.4 Å². The third-order valence-corrected chi connectivity index (χ3v) is 4.56. The van der Waals surface area contributed by atoms with Gasteiger partial charge in [0.25, 0.3) is 0 Å². The highest BCUT2D eigenvalue weighted by molar-refractivity contribution is 6.01. The number of aryl methyl sites for hydroxylation is 2. The van der Waals surface area contributed by atoms with Crippen molar-refractivity contribution < 1.29 is 14.7 Å².